The third kappa shape index (κ3) is 4.61. The van der Waals surface area contributed by atoms with Gasteiger partial charge in [0.2, 0.25) is 0 Å². The van der Waals surface area contributed by atoms with Gasteiger partial charge in [-0.3, -0.25) is 0 Å². The molecule has 2 aromatic rings. The third-order valence-corrected chi connectivity index (χ3v) is 6.38. The lowest BCUT2D eigenvalue weighted by molar-refractivity contribution is 0.302. The number of furan rings is 1. The fourth-order valence-corrected chi connectivity index (χ4v) is 5.26. The SMILES string of the molecule is Cc1cc(C)cc(NC(=S)N(Cc2ccco2)[C@@H]2CCS(=O)(=O)C2)c1. The van der Waals surface area contributed by atoms with Gasteiger partial charge < -0.3 is 14.6 Å². The normalized spacial score (nSPS) is 18.9. The maximum absolute atomic E-state index is 11.9. The Balaban J connectivity index is 1.81. The van der Waals surface area contributed by atoms with Gasteiger partial charge in [-0.25, -0.2) is 8.42 Å². The molecule has 1 aromatic carbocycles. The van der Waals surface area contributed by atoms with Crippen molar-refractivity contribution >= 4 is 32.9 Å². The van der Waals surface area contributed by atoms with Crippen LogP contribution < -0.4 is 5.32 Å². The molecule has 25 heavy (non-hydrogen) atoms. The average Bonchev–Trinajstić information content (AvgIpc) is 3.12. The van der Waals surface area contributed by atoms with Crippen LogP contribution in [0.1, 0.15) is 23.3 Å². The Morgan fingerprint density at radius 2 is 2.04 bits per heavy atom. The highest BCUT2D eigenvalue weighted by Gasteiger charge is 2.34. The smallest absolute Gasteiger partial charge is 0.174 e. The van der Waals surface area contributed by atoms with Crippen molar-refractivity contribution < 1.29 is 12.8 Å². The van der Waals surface area contributed by atoms with Crippen molar-refractivity contribution in [2.45, 2.75) is 32.9 Å². The lowest BCUT2D eigenvalue weighted by Crippen LogP contribution is -2.42. The van der Waals surface area contributed by atoms with Crippen LogP contribution in [0.2, 0.25) is 0 Å². The van der Waals surface area contributed by atoms with Gasteiger partial charge in [-0.1, -0.05) is 6.07 Å². The second kappa shape index (κ2) is 7.17. The number of aryl methyl sites for hydroxylation is 2. The maximum atomic E-state index is 11.9. The number of nitrogens with zero attached hydrogens (tertiary/aromatic N) is 1. The molecule has 0 bridgehead atoms. The molecule has 1 atom stereocenters. The van der Waals surface area contributed by atoms with Crippen LogP contribution in [-0.2, 0) is 16.4 Å². The number of hydrogen-bond donors (Lipinski definition) is 1. The predicted molar refractivity (Wildman–Crippen MR) is 103 cm³/mol. The summed E-state index contributed by atoms with van der Waals surface area (Å²) >= 11 is 5.61. The first-order valence-corrected chi connectivity index (χ1v) is 10.4. The molecule has 1 aliphatic rings. The van der Waals surface area contributed by atoms with E-state index in [4.69, 9.17) is 16.6 Å². The minimum absolute atomic E-state index is 0.127. The zero-order valence-corrected chi connectivity index (χ0v) is 16.0. The monoisotopic (exact) mass is 378 g/mol. The van der Waals surface area contributed by atoms with E-state index in [1.807, 2.05) is 43.0 Å². The van der Waals surface area contributed by atoms with E-state index < -0.39 is 9.84 Å². The van der Waals surface area contributed by atoms with Crippen LogP contribution in [0.25, 0.3) is 0 Å². The van der Waals surface area contributed by atoms with E-state index >= 15 is 0 Å². The van der Waals surface area contributed by atoms with Gasteiger partial charge in [-0.2, -0.15) is 0 Å². The first kappa shape index (κ1) is 17.9. The predicted octanol–water partition coefficient (Wildman–Crippen LogP) is 3.28. The summed E-state index contributed by atoms with van der Waals surface area (Å²) in [6.45, 7) is 4.51. The molecule has 0 unspecified atom stereocenters. The fraction of sp³-hybridized carbons (Fsp3) is 0.389. The van der Waals surface area contributed by atoms with Crippen molar-refractivity contribution in [1.29, 1.82) is 0 Å². The number of thiocarbonyl (C=S) groups is 1. The average molecular weight is 379 g/mol. The van der Waals surface area contributed by atoms with Crippen molar-refractivity contribution in [3.05, 3.63) is 53.5 Å². The molecular weight excluding hydrogens is 356 g/mol. The summed E-state index contributed by atoms with van der Waals surface area (Å²) in [5.74, 6) is 1.09. The molecule has 0 radical (unpaired) electrons. The summed E-state index contributed by atoms with van der Waals surface area (Å²) < 4.78 is 29.2. The summed E-state index contributed by atoms with van der Waals surface area (Å²) in [6.07, 6.45) is 2.19. The van der Waals surface area contributed by atoms with Gasteiger partial charge in [0.05, 0.1) is 24.3 Å². The van der Waals surface area contributed by atoms with E-state index in [9.17, 15) is 8.42 Å². The maximum Gasteiger partial charge on any atom is 0.174 e. The highest BCUT2D eigenvalue weighted by molar-refractivity contribution is 7.91. The Kier molecular flexibility index (Phi) is 5.15. The van der Waals surface area contributed by atoms with Crippen LogP contribution in [0, 0.1) is 13.8 Å². The Morgan fingerprint density at radius 3 is 2.60 bits per heavy atom. The van der Waals surface area contributed by atoms with Gasteiger partial charge in [0.1, 0.15) is 5.76 Å². The molecule has 1 fully saturated rings. The summed E-state index contributed by atoms with van der Waals surface area (Å²) in [4.78, 5) is 1.93. The lowest BCUT2D eigenvalue weighted by Gasteiger charge is -2.30. The molecule has 1 aliphatic heterocycles. The molecular formula is C18H22N2O3S2. The molecule has 134 valence electrons. The van der Waals surface area contributed by atoms with Crippen LogP contribution in [0.3, 0.4) is 0 Å². The van der Waals surface area contributed by atoms with Crippen molar-refractivity contribution in [3.8, 4) is 0 Å². The van der Waals surface area contributed by atoms with Crippen molar-refractivity contribution in [3.63, 3.8) is 0 Å². The Bertz CT molecular complexity index is 840. The first-order valence-electron chi connectivity index (χ1n) is 8.21. The number of hydrogen-bond acceptors (Lipinski definition) is 4. The van der Waals surface area contributed by atoms with Crippen molar-refractivity contribution in [2.24, 2.45) is 0 Å². The quantitative estimate of drug-likeness (QED) is 0.824. The van der Waals surface area contributed by atoms with E-state index in [-0.39, 0.29) is 17.5 Å². The van der Waals surface area contributed by atoms with Crippen LogP contribution in [-0.4, -0.2) is 36.0 Å². The van der Waals surface area contributed by atoms with Gasteiger partial charge in [-0.05, 0) is 67.9 Å². The Morgan fingerprint density at radius 1 is 1.32 bits per heavy atom. The molecule has 1 N–H and O–H groups in total. The molecule has 0 aliphatic carbocycles. The van der Waals surface area contributed by atoms with Crippen LogP contribution in [0.4, 0.5) is 5.69 Å². The van der Waals surface area contributed by atoms with Gasteiger partial charge >= 0.3 is 0 Å². The molecule has 0 saturated carbocycles. The molecule has 0 spiro atoms. The summed E-state index contributed by atoms with van der Waals surface area (Å²) in [5, 5.41) is 3.78. The highest BCUT2D eigenvalue weighted by atomic mass is 32.2. The fourth-order valence-electron chi connectivity index (χ4n) is 3.20. The Hall–Kier alpha value is -1.86. The third-order valence-electron chi connectivity index (χ3n) is 4.29. The number of nitrogens with one attached hydrogen (secondary N) is 1. The minimum atomic E-state index is -3.00. The van der Waals surface area contributed by atoms with Gasteiger partial charge in [0.15, 0.2) is 14.9 Å². The molecule has 2 heterocycles. The van der Waals surface area contributed by atoms with Crippen molar-refractivity contribution in [1.82, 2.24) is 4.90 Å². The Labute approximate surface area is 153 Å². The standard InChI is InChI=1S/C18H22N2O3S2/c1-13-8-14(2)10-15(9-13)19-18(24)20(11-17-4-3-6-23-17)16-5-7-25(21,22)12-16/h3-4,6,8-10,16H,5,7,11-12H2,1-2H3,(H,19,24)/t16-/m1/s1. The molecule has 3 rings (SSSR count). The first-order chi connectivity index (χ1) is 11.8. The number of sulfone groups is 1. The zero-order valence-electron chi connectivity index (χ0n) is 14.4. The van der Waals surface area contributed by atoms with Crippen LogP contribution in [0.15, 0.2) is 41.0 Å². The lowest BCUT2D eigenvalue weighted by atomic mass is 10.1. The van der Waals surface area contributed by atoms with E-state index in [2.05, 4.69) is 11.4 Å². The van der Waals surface area contributed by atoms with Crippen molar-refractivity contribution in [2.75, 3.05) is 16.8 Å². The second-order valence-corrected chi connectivity index (χ2v) is 9.19. The van der Waals surface area contributed by atoms with E-state index in [1.54, 1.807) is 6.26 Å². The van der Waals surface area contributed by atoms with E-state index in [0.717, 1.165) is 22.6 Å². The van der Waals surface area contributed by atoms with Crippen LogP contribution >= 0.6 is 12.2 Å². The zero-order chi connectivity index (χ0) is 18.0. The number of rotatable bonds is 4. The summed E-state index contributed by atoms with van der Waals surface area (Å²) in [5.41, 5.74) is 3.20. The van der Waals surface area contributed by atoms with Gasteiger partial charge in [0.25, 0.3) is 0 Å². The molecule has 7 heteroatoms. The topological polar surface area (TPSA) is 62.6 Å². The van der Waals surface area contributed by atoms with Crippen LogP contribution in [0.5, 0.6) is 0 Å². The van der Waals surface area contributed by atoms with E-state index in [1.165, 1.54) is 0 Å². The number of benzene rings is 1. The number of anilines is 1. The van der Waals surface area contributed by atoms with E-state index in [0.29, 0.717) is 18.1 Å². The van der Waals surface area contributed by atoms with Gasteiger partial charge in [-0.15, -0.1) is 0 Å². The molecule has 1 saturated heterocycles. The largest absolute Gasteiger partial charge is 0.467 e. The molecule has 5 nitrogen and oxygen atoms in total. The second-order valence-electron chi connectivity index (χ2n) is 6.57. The van der Waals surface area contributed by atoms with Gasteiger partial charge in [0, 0.05) is 11.7 Å². The summed E-state index contributed by atoms with van der Waals surface area (Å²) in [7, 11) is -3.00. The molecule has 1 aromatic heterocycles. The molecule has 0 amide bonds. The summed E-state index contributed by atoms with van der Waals surface area (Å²) in [6, 6.07) is 9.69. The minimum Gasteiger partial charge on any atom is -0.467 e. The highest BCUT2D eigenvalue weighted by Crippen LogP contribution is 2.22.